The van der Waals surface area contributed by atoms with E-state index >= 15 is 0 Å². The molecule has 0 aliphatic heterocycles. The number of nitrogens with one attached hydrogen (secondary N) is 1. The molecule has 5 heteroatoms. The molecule has 3 nitrogen and oxygen atoms in total. The number of carbonyl (C=O) groups is 1. The van der Waals surface area contributed by atoms with Gasteiger partial charge in [0.2, 0.25) is 5.91 Å². The van der Waals surface area contributed by atoms with Crippen molar-refractivity contribution >= 4 is 5.91 Å². The lowest BCUT2D eigenvalue weighted by molar-refractivity contribution is -0.122. The zero-order valence-corrected chi connectivity index (χ0v) is 13.2. The summed E-state index contributed by atoms with van der Waals surface area (Å²) in [5, 5.41) is 13.6. The van der Waals surface area contributed by atoms with Crippen molar-refractivity contribution in [1.29, 1.82) is 0 Å². The van der Waals surface area contributed by atoms with Crippen LogP contribution in [0.15, 0.2) is 42.5 Å². The van der Waals surface area contributed by atoms with Crippen LogP contribution in [-0.4, -0.2) is 17.6 Å². The van der Waals surface area contributed by atoms with Crippen molar-refractivity contribution in [2.24, 2.45) is 0 Å². The van der Waals surface area contributed by atoms with Crippen LogP contribution in [0.1, 0.15) is 29.5 Å². The van der Waals surface area contributed by atoms with Gasteiger partial charge in [-0.1, -0.05) is 30.3 Å². The molecule has 1 unspecified atom stereocenters. The van der Waals surface area contributed by atoms with Gasteiger partial charge in [0.05, 0.1) is 13.0 Å². The van der Waals surface area contributed by atoms with E-state index in [9.17, 15) is 18.7 Å². The molecule has 0 spiro atoms. The first kappa shape index (κ1) is 16.6. The minimum Gasteiger partial charge on any atom is -0.383 e. The van der Waals surface area contributed by atoms with Gasteiger partial charge in [0.25, 0.3) is 0 Å². The summed E-state index contributed by atoms with van der Waals surface area (Å²) >= 11 is 0. The molecule has 0 aromatic heterocycles. The van der Waals surface area contributed by atoms with E-state index < -0.39 is 23.1 Å². The number of fused-ring (bicyclic) bond motifs is 1. The van der Waals surface area contributed by atoms with E-state index in [1.807, 2.05) is 24.3 Å². The summed E-state index contributed by atoms with van der Waals surface area (Å²) in [6, 6.07) is 10.8. The molecule has 3 rings (SSSR count). The summed E-state index contributed by atoms with van der Waals surface area (Å²) in [4.78, 5) is 12.1. The molecule has 1 amide bonds. The number of hydrogen-bond acceptors (Lipinski definition) is 2. The number of rotatable bonds is 4. The molecule has 2 N–H and O–H groups in total. The van der Waals surface area contributed by atoms with Crippen LogP contribution in [-0.2, 0) is 23.2 Å². The smallest absolute Gasteiger partial charge is 0.224 e. The molecule has 0 heterocycles. The van der Waals surface area contributed by atoms with E-state index in [1.165, 1.54) is 6.07 Å². The Kier molecular flexibility index (Phi) is 4.62. The predicted molar refractivity (Wildman–Crippen MR) is 86.3 cm³/mol. The van der Waals surface area contributed by atoms with Gasteiger partial charge in [-0.3, -0.25) is 4.79 Å². The summed E-state index contributed by atoms with van der Waals surface area (Å²) in [7, 11) is 0. The fraction of sp³-hybridized carbons (Fsp3) is 0.316. The van der Waals surface area contributed by atoms with Crippen molar-refractivity contribution in [2.75, 3.05) is 6.54 Å². The maximum Gasteiger partial charge on any atom is 0.224 e. The number of aryl methyl sites for hydroxylation is 1. The minimum absolute atomic E-state index is 0.0751. The van der Waals surface area contributed by atoms with E-state index in [0.29, 0.717) is 6.42 Å². The zero-order chi connectivity index (χ0) is 17.2. The number of benzene rings is 2. The van der Waals surface area contributed by atoms with Crippen LogP contribution >= 0.6 is 0 Å². The lowest BCUT2D eigenvalue weighted by Crippen LogP contribution is -2.43. The second-order valence-corrected chi connectivity index (χ2v) is 6.23. The Morgan fingerprint density at radius 3 is 2.79 bits per heavy atom. The minimum atomic E-state index is -1.11. The van der Waals surface area contributed by atoms with Crippen molar-refractivity contribution in [3.05, 3.63) is 70.8 Å². The third-order valence-electron chi connectivity index (χ3n) is 4.50. The van der Waals surface area contributed by atoms with Crippen molar-refractivity contribution in [3.63, 3.8) is 0 Å². The molecule has 0 bridgehead atoms. The molecule has 126 valence electrons. The first-order chi connectivity index (χ1) is 11.5. The van der Waals surface area contributed by atoms with E-state index in [2.05, 4.69) is 5.32 Å². The average Bonchev–Trinajstić information content (AvgIpc) is 2.56. The Balaban J connectivity index is 1.66. The lowest BCUT2D eigenvalue weighted by Gasteiger charge is -2.34. The highest BCUT2D eigenvalue weighted by atomic mass is 19.1. The Labute approximate surface area is 139 Å². The van der Waals surface area contributed by atoms with Crippen LogP contribution in [0.25, 0.3) is 0 Å². The van der Waals surface area contributed by atoms with Crippen molar-refractivity contribution in [3.8, 4) is 0 Å². The predicted octanol–water partition coefficient (Wildman–Crippen LogP) is 2.85. The Bertz CT molecular complexity index is 763. The first-order valence-corrected chi connectivity index (χ1v) is 7.99. The molecule has 0 radical (unpaired) electrons. The Morgan fingerprint density at radius 2 is 2.00 bits per heavy atom. The van der Waals surface area contributed by atoms with Crippen molar-refractivity contribution in [1.82, 2.24) is 5.32 Å². The third-order valence-corrected chi connectivity index (χ3v) is 4.50. The van der Waals surface area contributed by atoms with E-state index in [4.69, 9.17) is 0 Å². The zero-order valence-electron chi connectivity index (χ0n) is 13.2. The Morgan fingerprint density at radius 1 is 1.21 bits per heavy atom. The molecule has 1 aliphatic carbocycles. The lowest BCUT2D eigenvalue weighted by atomic mass is 9.79. The Hall–Kier alpha value is -2.27. The number of aliphatic hydroxyl groups is 1. The summed E-state index contributed by atoms with van der Waals surface area (Å²) in [5.74, 6) is -1.83. The van der Waals surface area contributed by atoms with Gasteiger partial charge in [-0.15, -0.1) is 0 Å². The van der Waals surface area contributed by atoms with E-state index in [0.717, 1.165) is 36.1 Å². The van der Waals surface area contributed by atoms with Crippen LogP contribution < -0.4 is 5.32 Å². The summed E-state index contributed by atoms with van der Waals surface area (Å²) in [6.45, 7) is 0.0751. The summed E-state index contributed by atoms with van der Waals surface area (Å²) in [5.41, 5.74) is 0.950. The van der Waals surface area contributed by atoms with Crippen molar-refractivity contribution in [2.45, 2.75) is 31.3 Å². The van der Waals surface area contributed by atoms with Gasteiger partial charge in [0, 0.05) is 6.07 Å². The second kappa shape index (κ2) is 6.69. The van der Waals surface area contributed by atoms with Gasteiger partial charge >= 0.3 is 0 Å². The van der Waals surface area contributed by atoms with Gasteiger partial charge in [-0.05, 0) is 42.0 Å². The van der Waals surface area contributed by atoms with Crippen molar-refractivity contribution < 1.29 is 18.7 Å². The summed E-state index contributed by atoms with van der Waals surface area (Å²) in [6.07, 6.45) is 2.13. The maximum atomic E-state index is 13.6. The van der Waals surface area contributed by atoms with Gasteiger partial charge in [0.15, 0.2) is 0 Å². The second-order valence-electron chi connectivity index (χ2n) is 6.23. The highest BCUT2D eigenvalue weighted by molar-refractivity contribution is 5.78. The maximum absolute atomic E-state index is 13.6. The SMILES string of the molecule is O=C(Cc1ccc(F)cc1F)NCC1(O)CCCc2ccccc21. The normalized spacial score (nSPS) is 19.6. The fourth-order valence-electron chi connectivity index (χ4n) is 3.23. The molecule has 2 aromatic rings. The molecule has 1 atom stereocenters. The average molecular weight is 331 g/mol. The van der Waals surface area contributed by atoms with Crippen LogP contribution in [0.3, 0.4) is 0 Å². The van der Waals surface area contributed by atoms with E-state index in [-0.39, 0.29) is 18.5 Å². The van der Waals surface area contributed by atoms with Crippen LogP contribution in [0.4, 0.5) is 8.78 Å². The number of carbonyl (C=O) groups excluding carboxylic acids is 1. The highest BCUT2D eigenvalue weighted by Gasteiger charge is 2.34. The summed E-state index contributed by atoms with van der Waals surface area (Å²) < 4.78 is 26.5. The molecule has 1 aliphatic rings. The van der Waals surface area contributed by atoms with E-state index in [1.54, 1.807) is 0 Å². The number of hydrogen-bond donors (Lipinski definition) is 2. The molecule has 0 saturated heterocycles. The largest absolute Gasteiger partial charge is 0.383 e. The quantitative estimate of drug-likeness (QED) is 0.905. The monoisotopic (exact) mass is 331 g/mol. The molecule has 0 fully saturated rings. The third kappa shape index (κ3) is 3.46. The first-order valence-electron chi connectivity index (χ1n) is 7.99. The van der Waals surface area contributed by atoms with Gasteiger partial charge in [-0.2, -0.15) is 0 Å². The molecular weight excluding hydrogens is 312 g/mol. The standard InChI is InChI=1S/C19H19F2NO2/c20-15-8-7-14(17(21)11-15)10-18(23)22-12-19(24)9-3-5-13-4-1-2-6-16(13)19/h1-2,4,6-8,11,24H,3,5,9-10,12H2,(H,22,23). The van der Waals surface area contributed by atoms with Gasteiger partial charge < -0.3 is 10.4 Å². The van der Waals surface area contributed by atoms with Crippen LogP contribution in [0.2, 0.25) is 0 Å². The van der Waals surface area contributed by atoms with Gasteiger partial charge in [-0.25, -0.2) is 8.78 Å². The van der Waals surface area contributed by atoms with Crippen LogP contribution in [0, 0.1) is 11.6 Å². The molecule has 2 aromatic carbocycles. The topological polar surface area (TPSA) is 49.3 Å². The van der Waals surface area contributed by atoms with Gasteiger partial charge in [0.1, 0.15) is 17.2 Å². The number of amides is 1. The molecule has 0 saturated carbocycles. The molecular formula is C19H19F2NO2. The number of halogens is 2. The highest BCUT2D eigenvalue weighted by Crippen LogP contribution is 2.34. The molecule has 24 heavy (non-hydrogen) atoms. The van der Waals surface area contributed by atoms with Crippen LogP contribution in [0.5, 0.6) is 0 Å². The fourth-order valence-corrected chi connectivity index (χ4v) is 3.23.